The number of nitrogens with zero attached hydrogens (tertiary/aromatic N) is 1. The maximum atomic E-state index is 6.14. The summed E-state index contributed by atoms with van der Waals surface area (Å²) < 4.78 is 5.47. The molecule has 0 amide bonds. The number of hydrogen-bond donors (Lipinski definition) is 1. The minimum Gasteiger partial charge on any atom is -0.496 e. The van der Waals surface area contributed by atoms with Gasteiger partial charge in [-0.2, -0.15) is 0 Å². The molecule has 0 radical (unpaired) electrons. The lowest BCUT2D eigenvalue weighted by atomic mass is 9.98. The molecule has 1 saturated heterocycles. The number of ether oxygens (including phenoxy) is 1. The van der Waals surface area contributed by atoms with E-state index in [1.165, 1.54) is 24.9 Å². The van der Waals surface area contributed by atoms with E-state index in [2.05, 4.69) is 24.0 Å². The van der Waals surface area contributed by atoms with Crippen molar-refractivity contribution in [3.05, 3.63) is 23.8 Å². The van der Waals surface area contributed by atoms with Crippen LogP contribution in [0.15, 0.2) is 18.2 Å². The van der Waals surface area contributed by atoms with E-state index >= 15 is 0 Å². The summed E-state index contributed by atoms with van der Waals surface area (Å²) in [6.45, 7) is 5.44. The van der Waals surface area contributed by atoms with Gasteiger partial charge in [-0.05, 0) is 45.2 Å². The molecule has 1 heterocycles. The van der Waals surface area contributed by atoms with Crippen molar-refractivity contribution in [1.82, 2.24) is 0 Å². The zero-order chi connectivity index (χ0) is 13.1. The second-order valence-electron chi connectivity index (χ2n) is 5.22. The van der Waals surface area contributed by atoms with Crippen molar-refractivity contribution in [3.63, 3.8) is 0 Å². The first kappa shape index (κ1) is 13.2. The first-order chi connectivity index (χ1) is 8.65. The van der Waals surface area contributed by atoms with E-state index in [9.17, 15) is 0 Å². The third-order valence-electron chi connectivity index (χ3n) is 3.83. The van der Waals surface area contributed by atoms with Crippen molar-refractivity contribution < 1.29 is 4.74 Å². The molecule has 1 aliphatic rings. The fourth-order valence-electron chi connectivity index (χ4n) is 2.87. The Kier molecular flexibility index (Phi) is 4.12. The van der Waals surface area contributed by atoms with Gasteiger partial charge >= 0.3 is 0 Å². The smallest absolute Gasteiger partial charge is 0.125 e. The quantitative estimate of drug-likeness (QED) is 0.893. The Morgan fingerprint density at radius 1 is 1.39 bits per heavy atom. The molecule has 3 heteroatoms. The molecule has 100 valence electrons. The minimum atomic E-state index is -0.00900. The third kappa shape index (κ3) is 2.46. The normalized spacial score (nSPS) is 21.8. The van der Waals surface area contributed by atoms with Crippen molar-refractivity contribution in [2.24, 2.45) is 5.73 Å². The third-order valence-corrected chi connectivity index (χ3v) is 3.83. The fraction of sp³-hybridized carbons (Fsp3) is 0.600. The van der Waals surface area contributed by atoms with E-state index in [0.29, 0.717) is 6.04 Å². The Hall–Kier alpha value is -1.22. The van der Waals surface area contributed by atoms with Gasteiger partial charge in [0.25, 0.3) is 0 Å². The second-order valence-corrected chi connectivity index (χ2v) is 5.22. The molecule has 18 heavy (non-hydrogen) atoms. The number of nitrogens with two attached hydrogens (primary N) is 1. The summed E-state index contributed by atoms with van der Waals surface area (Å²) in [6, 6.07) is 6.80. The molecule has 1 fully saturated rings. The second kappa shape index (κ2) is 5.61. The fourth-order valence-corrected chi connectivity index (χ4v) is 2.87. The van der Waals surface area contributed by atoms with Gasteiger partial charge in [0.2, 0.25) is 0 Å². The number of anilines is 1. The van der Waals surface area contributed by atoms with E-state index in [0.717, 1.165) is 17.9 Å². The van der Waals surface area contributed by atoms with Crippen LogP contribution in [0.4, 0.5) is 5.69 Å². The Morgan fingerprint density at radius 2 is 2.17 bits per heavy atom. The van der Waals surface area contributed by atoms with Crippen LogP contribution in [0.25, 0.3) is 0 Å². The molecule has 3 nitrogen and oxygen atoms in total. The molecule has 0 aliphatic carbocycles. The largest absolute Gasteiger partial charge is 0.496 e. The van der Waals surface area contributed by atoms with Crippen LogP contribution in [-0.2, 0) is 0 Å². The molecule has 2 N–H and O–H groups in total. The van der Waals surface area contributed by atoms with E-state index in [1.54, 1.807) is 7.11 Å². The number of rotatable bonds is 3. The van der Waals surface area contributed by atoms with Crippen LogP contribution in [-0.4, -0.2) is 19.7 Å². The Bertz CT molecular complexity index is 403. The Morgan fingerprint density at radius 3 is 2.78 bits per heavy atom. The van der Waals surface area contributed by atoms with Crippen LogP contribution < -0.4 is 15.4 Å². The van der Waals surface area contributed by atoms with Gasteiger partial charge in [0, 0.05) is 29.9 Å². The van der Waals surface area contributed by atoms with E-state index in [1.807, 2.05) is 13.0 Å². The minimum absolute atomic E-state index is 0.00900. The monoisotopic (exact) mass is 248 g/mol. The van der Waals surface area contributed by atoms with Crippen LogP contribution in [0, 0.1) is 0 Å². The molecule has 2 atom stereocenters. The van der Waals surface area contributed by atoms with Gasteiger partial charge in [0.15, 0.2) is 0 Å². The van der Waals surface area contributed by atoms with E-state index < -0.39 is 0 Å². The van der Waals surface area contributed by atoms with E-state index in [-0.39, 0.29) is 6.04 Å². The molecule has 2 rings (SSSR count). The van der Waals surface area contributed by atoms with Crippen molar-refractivity contribution in [1.29, 1.82) is 0 Å². The average molecular weight is 248 g/mol. The topological polar surface area (TPSA) is 38.5 Å². The van der Waals surface area contributed by atoms with Crippen molar-refractivity contribution >= 4 is 5.69 Å². The zero-order valence-corrected chi connectivity index (χ0v) is 11.6. The van der Waals surface area contributed by atoms with Crippen LogP contribution in [0.2, 0.25) is 0 Å². The lowest BCUT2D eigenvalue weighted by Crippen LogP contribution is -2.38. The summed E-state index contributed by atoms with van der Waals surface area (Å²) in [5.74, 6) is 0.903. The van der Waals surface area contributed by atoms with Gasteiger partial charge in [0.05, 0.1) is 7.11 Å². The van der Waals surface area contributed by atoms with Crippen LogP contribution >= 0.6 is 0 Å². The zero-order valence-electron chi connectivity index (χ0n) is 11.6. The van der Waals surface area contributed by atoms with Gasteiger partial charge in [-0.1, -0.05) is 6.07 Å². The molecule has 0 aromatic heterocycles. The Balaban J connectivity index is 2.42. The lowest BCUT2D eigenvalue weighted by molar-refractivity contribution is 0.405. The summed E-state index contributed by atoms with van der Waals surface area (Å²) in [5.41, 5.74) is 8.52. The maximum Gasteiger partial charge on any atom is 0.125 e. The first-order valence-electron chi connectivity index (χ1n) is 6.84. The van der Waals surface area contributed by atoms with Gasteiger partial charge < -0.3 is 15.4 Å². The summed E-state index contributed by atoms with van der Waals surface area (Å²) in [5, 5.41) is 0. The first-order valence-corrected chi connectivity index (χ1v) is 6.84. The van der Waals surface area contributed by atoms with E-state index in [4.69, 9.17) is 10.5 Å². The molecular formula is C15H24N2O. The highest BCUT2D eigenvalue weighted by Gasteiger charge is 2.23. The van der Waals surface area contributed by atoms with Crippen LogP contribution in [0.5, 0.6) is 5.75 Å². The molecule has 1 aromatic carbocycles. The highest BCUT2D eigenvalue weighted by molar-refractivity contribution is 5.61. The standard InChI is InChI=1S/C15H24N2O/c1-11-7-4-5-10-17(11)13-8-6-9-14(18-3)15(13)12(2)16/h6,8-9,11-12H,4-5,7,10,16H2,1-3H3. The number of benzene rings is 1. The molecule has 0 saturated carbocycles. The average Bonchev–Trinajstić information content (AvgIpc) is 2.38. The van der Waals surface area contributed by atoms with Crippen molar-refractivity contribution in [3.8, 4) is 5.75 Å². The van der Waals surface area contributed by atoms with Gasteiger partial charge in [0.1, 0.15) is 5.75 Å². The molecule has 0 spiro atoms. The summed E-state index contributed by atoms with van der Waals surface area (Å²) >= 11 is 0. The predicted octanol–water partition coefficient (Wildman–Crippen LogP) is 3.09. The molecule has 0 bridgehead atoms. The maximum absolute atomic E-state index is 6.14. The summed E-state index contributed by atoms with van der Waals surface area (Å²) in [6.07, 6.45) is 3.85. The number of hydrogen-bond acceptors (Lipinski definition) is 3. The van der Waals surface area contributed by atoms with Crippen LogP contribution in [0.1, 0.15) is 44.7 Å². The van der Waals surface area contributed by atoms with Crippen molar-refractivity contribution in [2.75, 3.05) is 18.6 Å². The number of piperidine rings is 1. The lowest BCUT2D eigenvalue weighted by Gasteiger charge is -2.37. The SMILES string of the molecule is COc1cccc(N2CCCCC2C)c1C(C)N. The molecule has 2 unspecified atom stereocenters. The highest BCUT2D eigenvalue weighted by Crippen LogP contribution is 2.36. The molecule has 1 aromatic rings. The number of methoxy groups -OCH3 is 1. The molecule has 1 aliphatic heterocycles. The Labute approximate surface area is 110 Å². The summed E-state index contributed by atoms with van der Waals surface area (Å²) in [7, 11) is 1.71. The van der Waals surface area contributed by atoms with Crippen molar-refractivity contribution in [2.45, 2.75) is 45.2 Å². The highest BCUT2D eigenvalue weighted by atomic mass is 16.5. The predicted molar refractivity (Wildman–Crippen MR) is 76.3 cm³/mol. The van der Waals surface area contributed by atoms with Gasteiger partial charge in [-0.3, -0.25) is 0 Å². The molecular weight excluding hydrogens is 224 g/mol. The van der Waals surface area contributed by atoms with Gasteiger partial charge in [-0.15, -0.1) is 0 Å². The summed E-state index contributed by atoms with van der Waals surface area (Å²) in [4.78, 5) is 2.48. The van der Waals surface area contributed by atoms with Crippen LogP contribution in [0.3, 0.4) is 0 Å². The van der Waals surface area contributed by atoms with Gasteiger partial charge in [-0.25, -0.2) is 0 Å².